The van der Waals surface area contributed by atoms with Gasteiger partial charge in [0.15, 0.2) is 0 Å². The van der Waals surface area contributed by atoms with Crippen molar-refractivity contribution in [3.05, 3.63) is 133 Å². The molecule has 38 heavy (non-hydrogen) atoms. The number of hydrogen-bond donors (Lipinski definition) is 1. The molecule has 0 unspecified atom stereocenters. The predicted molar refractivity (Wildman–Crippen MR) is 158 cm³/mol. The molecular weight excluding hydrogens is 466 g/mol. The summed E-state index contributed by atoms with van der Waals surface area (Å²) in [6, 6.07) is 43.1. The van der Waals surface area contributed by atoms with Crippen LogP contribution in [0.25, 0.3) is 43.8 Å². The summed E-state index contributed by atoms with van der Waals surface area (Å²) in [5.74, 6) is 0.232. The van der Waals surface area contributed by atoms with Gasteiger partial charge in [-0.05, 0) is 65.2 Å². The summed E-state index contributed by atoms with van der Waals surface area (Å²) in [5.41, 5.74) is 7.16. The zero-order chi connectivity index (χ0) is 25.6. The topological polar surface area (TPSA) is 36.6 Å². The fraction of sp³-hybridized carbons (Fsp3) is 0.0286. The zero-order valence-electron chi connectivity index (χ0n) is 20.9. The fourth-order valence-electron chi connectivity index (χ4n) is 5.43. The van der Waals surface area contributed by atoms with Gasteiger partial charge in [0.25, 0.3) is 0 Å². The lowest BCUT2D eigenvalue weighted by Crippen LogP contribution is -2.10. The van der Waals surface area contributed by atoms with Crippen molar-refractivity contribution in [2.45, 2.75) is 6.92 Å². The Morgan fingerprint density at radius 3 is 2.26 bits per heavy atom. The van der Waals surface area contributed by atoms with Crippen LogP contribution in [0.1, 0.15) is 5.56 Å². The summed E-state index contributed by atoms with van der Waals surface area (Å²) in [7, 11) is 0. The largest absolute Gasteiger partial charge is 0.505 e. The van der Waals surface area contributed by atoms with Crippen molar-refractivity contribution < 1.29 is 9.52 Å². The van der Waals surface area contributed by atoms with E-state index >= 15 is 0 Å². The Balaban J connectivity index is 1.46. The Morgan fingerprint density at radius 2 is 1.39 bits per heavy atom. The zero-order valence-corrected chi connectivity index (χ0v) is 20.9. The Kier molecular flexibility index (Phi) is 5.15. The van der Waals surface area contributed by atoms with E-state index in [4.69, 9.17) is 4.42 Å². The van der Waals surface area contributed by atoms with E-state index in [2.05, 4.69) is 78.6 Å². The molecular formula is C35H25NO2. The molecule has 0 radical (unpaired) electrons. The van der Waals surface area contributed by atoms with E-state index in [1.54, 1.807) is 0 Å². The van der Waals surface area contributed by atoms with Crippen LogP contribution in [0, 0.1) is 6.92 Å². The molecule has 182 valence electrons. The number of phenols is 1. The van der Waals surface area contributed by atoms with Crippen molar-refractivity contribution in [1.29, 1.82) is 0 Å². The molecule has 0 saturated heterocycles. The molecule has 7 aromatic rings. The number of para-hydroxylation sites is 1. The summed E-state index contributed by atoms with van der Waals surface area (Å²) in [6.45, 7) is 2.08. The number of phenolic OH excluding ortho intramolecular Hbond substituents is 1. The number of fused-ring (bicyclic) bond motifs is 5. The van der Waals surface area contributed by atoms with Crippen LogP contribution in [-0.2, 0) is 0 Å². The van der Waals surface area contributed by atoms with Crippen molar-refractivity contribution in [2.75, 3.05) is 4.90 Å². The number of anilines is 3. The Labute approximate surface area is 220 Å². The Hall–Kier alpha value is -5.02. The number of aryl methyl sites for hydroxylation is 1. The van der Waals surface area contributed by atoms with E-state index < -0.39 is 0 Å². The number of furan rings is 1. The SMILES string of the molecule is Cc1cccc(N(c2ccc3c(c2)oc2ccc4ccccc4c23)c2cccc(-c3ccccc3)c2O)c1. The van der Waals surface area contributed by atoms with Crippen molar-refractivity contribution in [3.8, 4) is 16.9 Å². The third-order valence-corrected chi connectivity index (χ3v) is 7.20. The van der Waals surface area contributed by atoms with Crippen LogP contribution in [0.4, 0.5) is 17.1 Å². The molecule has 0 bridgehead atoms. The van der Waals surface area contributed by atoms with Crippen LogP contribution >= 0.6 is 0 Å². The molecule has 0 aliphatic rings. The lowest BCUT2D eigenvalue weighted by Gasteiger charge is -2.27. The molecule has 1 heterocycles. The maximum absolute atomic E-state index is 11.6. The van der Waals surface area contributed by atoms with Crippen molar-refractivity contribution in [2.24, 2.45) is 0 Å². The van der Waals surface area contributed by atoms with Crippen LogP contribution in [0.3, 0.4) is 0 Å². The molecule has 0 amide bonds. The number of benzene rings is 6. The van der Waals surface area contributed by atoms with Crippen LogP contribution in [0.5, 0.6) is 5.75 Å². The van der Waals surface area contributed by atoms with Crippen LogP contribution in [0.15, 0.2) is 132 Å². The van der Waals surface area contributed by atoms with E-state index in [0.29, 0.717) is 5.69 Å². The molecule has 3 nitrogen and oxygen atoms in total. The van der Waals surface area contributed by atoms with E-state index in [9.17, 15) is 5.11 Å². The molecule has 0 aliphatic heterocycles. The smallest absolute Gasteiger partial charge is 0.147 e. The van der Waals surface area contributed by atoms with Gasteiger partial charge in [-0.15, -0.1) is 0 Å². The minimum absolute atomic E-state index is 0.232. The monoisotopic (exact) mass is 491 g/mol. The standard InChI is InChI=1S/C35H25NO2/c1-23-9-7-13-26(21-23)36(31-16-8-15-29(35(31)37)24-10-3-2-4-11-24)27-18-19-30-33(22-27)38-32-20-17-25-12-5-6-14-28(25)34(30)32/h2-22,37H,1H3. The quantitative estimate of drug-likeness (QED) is 0.266. The van der Waals surface area contributed by atoms with Crippen molar-refractivity contribution in [3.63, 3.8) is 0 Å². The number of nitrogens with zero attached hydrogens (tertiary/aromatic N) is 1. The Morgan fingerprint density at radius 1 is 0.605 bits per heavy atom. The van der Waals surface area contributed by atoms with Crippen LogP contribution in [0.2, 0.25) is 0 Å². The maximum Gasteiger partial charge on any atom is 0.147 e. The molecule has 3 heteroatoms. The summed E-state index contributed by atoms with van der Waals surface area (Å²) in [5, 5.41) is 16.2. The lowest BCUT2D eigenvalue weighted by atomic mass is 10.0. The molecule has 0 atom stereocenters. The summed E-state index contributed by atoms with van der Waals surface area (Å²) in [4.78, 5) is 2.10. The molecule has 6 aromatic carbocycles. The van der Waals surface area contributed by atoms with Gasteiger partial charge in [-0.1, -0.05) is 84.9 Å². The maximum atomic E-state index is 11.6. The normalized spacial score (nSPS) is 11.4. The summed E-state index contributed by atoms with van der Waals surface area (Å²) < 4.78 is 6.38. The van der Waals surface area contributed by atoms with E-state index in [0.717, 1.165) is 50.0 Å². The van der Waals surface area contributed by atoms with E-state index in [1.165, 1.54) is 10.8 Å². The first-order chi connectivity index (χ1) is 18.7. The number of hydrogen-bond acceptors (Lipinski definition) is 3. The van der Waals surface area contributed by atoms with Gasteiger partial charge < -0.3 is 14.4 Å². The van der Waals surface area contributed by atoms with Gasteiger partial charge in [0, 0.05) is 28.1 Å². The lowest BCUT2D eigenvalue weighted by molar-refractivity contribution is 0.478. The summed E-state index contributed by atoms with van der Waals surface area (Å²) >= 11 is 0. The van der Waals surface area contributed by atoms with Gasteiger partial charge in [-0.25, -0.2) is 0 Å². The van der Waals surface area contributed by atoms with Gasteiger partial charge in [-0.3, -0.25) is 0 Å². The first-order valence-corrected chi connectivity index (χ1v) is 12.8. The number of aromatic hydroxyl groups is 1. The molecule has 0 saturated carbocycles. The highest BCUT2D eigenvalue weighted by Gasteiger charge is 2.20. The average Bonchev–Trinajstić information content (AvgIpc) is 3.33. The van der Waals surface area contributed by atoms with Gasteiger partial charge >= 0.3 is 0 Å². The molecule has 0 aliphatic carbocycles. The highest BCUT2D eigenvalue weighted by molar-refractivity contribution is 6.19. The van der Waals surface area contributed by atoms with Crippen molar-refractivity contribution in [1.82, 2.24) is 0 Å². The molecule has 7 rings (SSSR count). The highest BCUT2D eigenvalue weighted by Crippen LogP contribution is 2.45. The third-order valence-electron chi connectivity index (χ3n) is 7.20. The minimum Gasteiger partial charge on any atom is -0.505 e. The van der Waals surface area contributed by atoms with E-state index in [-0.39, 0.29) is 5.75 Å². The van der Waals surface area contributed by atoms with Gasteiger partial charge in [0.05, 0.1) is 11.4 Å². The summed E-state index contributed by atoms with van der Waals surface area (Å²) in [6.07, 6.45) is 0. The second-order valence-electron chi connectivity index (χ2n) is 9.66. The predicted octanol–water partition coefficient (Wildman–Crippen LogP) is 9.89. The molecule has 1 aromatic heterocycles. The highest BCUT2D eigenvalue weighted by atomic mass is 16.3. The second kappa shape index (κ2) is 8.82. The van der Waals surface area contributed by atoms with Gasteiger partial charge in [0.2, 0.25) is 0 Å². The van der Waals surface area contributed by atoms with E-state index in [1.807, 2.05) is 60.7 Å². The number of rotatable bonds is 4. The fourth-order valence-corrected chi connectivity index (χ4v) is 5.43. The first-order valence-electron chi connectivity index (χ1n) is 12.8. The first kappa shape index (κ1) is 22.2. The molecule has 0 fully saturated rings. The van der Waals surface area contributed by atoms with Crippen molar-refractivity contribution >= 4 is 49.8 Å². The van der Waals surface area contributed by atoms with Gasteiger partial charge in [-0.2, -0.15) is 0 Å². The second-order valence-corrected chi connectivity index (χ2v) is 9.66. The minimum atomic E-state index is 0.232. The average molecular weight is 492 g/mol. The van der Waals surface area contributed by atoms with Crippen LogP contribution in [-0.4, -0.2) is 5.11 Å². The molecule has 1 N–H and O–H groups in total. The Bertz CT molecular complexity index is 1950. The van der Waals surface area contributed by atoms with Crippen LogP contribution < -0.4 is 4.90 Å². The van der Waals surface area contributed by atoms with Gasteiger partial charge in [0.1, 0.15) is 16.9 Å². The molecule has 0 spiro atoms. The third kappa shape index (κ3) is 3.60.